The standard InChI is InChI=1S/C18H16F2N4O3S2/c1-18(8-29(25,26)24(2)17(21)23-18)16-13(20)6-15(28-16)11-3-10(4-12(19)5-11)14-7-22-9-27-14/h3-7,9H,8H2,1-2H3,(H2,21,23)/t18-/m0/s1. The summed E-state index contributed by atoms with van der Waals surface area (Å²) in [6.07, 6.45) is 2.67. The Morgan fingerprint density at radius 2 is 2.00 bits per heavy atom. The van der Waals surface area contributed by atoms with Gasteiger partial charge in [0.15, 0.2) is 12.2 Å². The van der Waals surface area contributed by atoms with E-state index in [2.05, 4.69) is 10.3 Å². The maximum Gasteiger partial charge on any atom is 0.239 e. The molecule has 7 nitrogen and oxygen atoms in total. The van der Waals surface area contributed by atoms with Crippen LogP contribution in [0, 0.1) is 17.0 Å². The monoisotopic (exact) mass is 438 g/mol. The number of sulfonamides is 1. The highest BCUT2D eigenvalue weighted by molar-refractivity contribution is 7.89. The molecule has 4 rings (SSSR count). The van der Waals surface area contributed by atoms with Gasteiger partial charge >= 0.3 is 0 Å². The van der Waals surface area contributed by atoms with Gasteiger partial charge in [0.2, 0.25) is 16.0 Å². The molecule has 0 radical (unpaired) electrons. The van der Waals surface area contributed by atoms with Gasteiger partial charge in [-0.2, -0.15) is 0 Å². The SMILES string of the molecule is CN1C(=N)N[C@](C)(c2sc(-c3cc(F)cc(-c4cnco4)c3)cc2F)CS1(=O)=O. The smallest absolute Gasteiger partial charge is 0.239 e. The van der Waals surface area contributed by atoms with Crippen LogP contribution in [0.25, 0.3) is 21.8 Å². The molecule has 0 bridgehead atoms. The van der Waals surface area contributed by atoms with Crippen LogP contribution in [0.2, 0.25) is 0 Å². The molecular formula is C18H16F2N4O3S2. The average Bonchev–Trinajstić information content (AvgIpc) is 3.29. The lowest BCUT2D eigenvalue weighted by Gasteiger charge is -2.39. The molecule has 2 aromatic heterocycles. The van der Waals surface area contributed by atoms with Crippen LogP contribution >= 0.6 is 11.3 Å². The number of halogens is 2. The number of guanidine groups is 1. The summed E-state index contributed by atoms with van der Waals surface area (Å²) in [4.78, 5) is 4.35. The maximum absolute atomic E-state index is 14.8. The molecule has 2 N–H and O–H groups in total. The highest BCUT2D eigenvalue weighted by Gasteiger charge is 2.44. The van der Waals surface area contributed by atoms with Gasteiger partial charge in [-0.25, -0.2) is 26.5 Å². The van der Waals surface area contributed by atoms with Crippen molar-refractivity contribution < 1.29 is 21.6 Å². The molecule has 152 valence electrons. The summed E-state index contributed by atoms with van der Waals surface area (Å²) in [7, 11) is -2.51. The Kier molecular flexibility index (Phi) is 4.46. The lowest BCUT2D eigenvalue weighted by atomic mass is 10.0. The second kappa shape index (κ2) is 6.63. The van der Waals surface area contributed by atoms with E-state index in [9.17, 15) is 17.2 Å². The number of hydrogen-bond donors (Lipinski definition) is 2. The van der Waals surface area contributed by atoms with Crippen molar-refractivity contribution in [2.75, 3.05) is 12.8 Å². The molecular weight excluding hydrogens is 422 g/mol. The molecule has 11 heteroatoms. The van der Waals surface area contributed by atoms with Crippen LogP contribution < -0.4 is 5.32 Å². The average molecular weight is 438 g/mol. The quantitative estimate of drug-likeness (QED) is 0.653. The molecule has 1 aromatic carbocycles. The van der Waals surface area contributed by atoms with Crippen LogP contribution in [0.1, 0.15) is 11.8 Å². The molecule has 3 aromatic rings. The van der Waals surface area contributed by atoms with E-state index in [1.54, 1.807) is 6.07 Å². The van der Waals surface area contributed by atoms with E-state index in [1.807, 2.05) is 0 Å². The summed E-state index contributed by atoms with van der Waals surface area (Å²) in [6, 6.07) is 5.42. The molecule has 0 spiro atoms. The third kappa shape index (κ3) is 3.40. The first-order valence-corrected chi connectivity index (χ1v) is 10.8. The summed E-state index contributed by atoms with van der Waals surface area (Å²) in [5, 5.41) is 10.7. The molecule has 29 heavy (non-hydrogen) atoms. The Morgan fingerprint density at radius 1 is 1.28 bits per heavy atom. The van der Waals surface area contributed by atoms with Crippen LogP contribution in [0.4, 0.5) is 8.78 Å². The normalized spacial score (nSPS) is 21.2. The highest BCUT2D eigenvalue weighted by atomic mass is 32.2. The molecule has 1 atom stereocenters. The van der Waals surface area contributed by atoms with Crippen molar-refractivity contribution >= 4 is 27.3 Å². The zero-order valence-corrected chi connectivity index (χ0v) is 17.0. The predicted molar refractivity (Wildman–Crippen MR) is 105 cm³/mol. The van der Waals surface area contributed by atoms with Gasteiger partial charge in [0.25, 0.3) is 0 Å². The fourth-order valence-corrected chi connectivity index (χ4v) is 5.90. The van der Waals surface area contributed by atoms with Gasteiger partial charge in [0, 0.05) is 17.5 Å². The topological polar surface area (TPSA) is 99.3 Å². The summed E-state index contributed by atoms with van der Waals surface area (Å²) in [5.74, 6) is -1.55. The van der Waals surface area contributed by atoms with Crippen molar-refractivity contribution in [2.45, 2.75) is 12.5 Å². The Labute approximate surface area is 169 Å². The van der Waals surface area contributed by atoms with Crippen molar-refractivity contribution in [3.8, 4) is 21.8 Å². The van der Waals surface area contributed by atoms with Crippen molar-refractivity contribution in [3.63, 3.8) is 0 Å². The molecule has 0 saturated carbocycles. The molecule has 1 aliphatic rings. The summed E-state index contributed by atoms with van der Waals surface area (Å²) in [5.41, 5.74) is -0.460. The van der Waals surface area contributed by atoms with Gasteiger partial charge in [-0.3, -0.25) is 5.41 Å². The fourth-order valence-electron chi connectivity index (χ4n) is 3.22. The second-order valence-corrected chi connectivity index (χ2v) is 9.96. The van der Waals surface area contributed by atoms with E-state index < -0.39 is 32.9 Å². The second-order valence-electron chi connectivity index (χ2n) is 6.91. The molecule has 1 aliphatic heterocycles. The Bertz CT molecular complexity index is 1210. The van der Waals surface area contributed by atoms with E-state index in [4.69, 9.17) is 9.83 Å². The van der Waals surface area contributed by atoms with Crippen LogP contribution in [-0.4, -0.2) is 36.5 Å². The minimum absolute atomic E-state index is 0.124. The maximum atomic E-state index is 14.8. The van der Waals surface area contributed by atoms with Crippen molar-refractivity contribution in [1.82, 2.24) is 14.6 Å². The third-order valence-corrected chi connectivity index (χ3v) is 8.07. The Balaban J connectivity index is 1.77. The van der Waals surface area contributed by atoms with Gasteiger partial charge in [-0.15, -0.1) is 11.3 Å². The van der Waals surface area contributed by atoms with Gasteiger partial charge in [-0.05, 0) is 36.8 Å². The molecule has 0 unspecified atom stereocenters. The zero-order chi connectivity index (χ0) is 21.0. The van der Waals surface area contributed by atoms with Crippen LogP contribution in [0.5, 0.6) is 0 Å². The van der Waals surface area contributed by atoms with E-state index in [1.165, 1.54) is 44.8 Å². The number of rotatable bonds is 3. The van der Waals surface area contributed by atoms with Crippen LogP contribution in [0.15, 0.2) is 41.3 Å². The summed E-state index contributed by atoms with van der Waals surface area (Å²) < 4.78 is 59.7. The number of aromatic nitrogens is 1. The van der Waals surface area contributed by atoms with Gasteiger partial charge in [0.1, 0.15) is 11.6 Å². The molecule has 1 saturated heterocycles. The van der Waals surface area contributed by atoms with Gasteiger partial charge in [-0.1, -0.05) is 0 Å². The van der Waals surface area contributed by atoms with Crippen LogP contribution in [-0.2, 0) is 15.6 Å². The van der Waals surface area contributed by atoms with E-state index >= 15 is 0 Å². The summed E-state index contributed by atoms with van der Waals surface area (Å²) in [6.45, 7) is 1.52. The minimum atomic E-state index is -3.77. The number of nitrogens with zero attached hydrogens (tertiary/aromatic N) is 2. The number of benzene rings is 1. The van der Waals surface area contributed by atoms with Crippen molar-refractivity contribution in [3.05, 3.63) is 53.4 Å². The van der Waals surface area contributed by atoms with Gasteiger partial charge < -0.3 is 9.73 Å². The first-order chi connectivity index (χ1) is 13.6. The van der Waals surface area contributed by atoms with E-state index in [-0.39, 0.29) is 10.8 Å². The third-order valence-electron chi connectivity index (χ3n) is 4.68. The predicted octanol–water partition coefficient (Wildman–Crippen LogP) is 3.36. The fraction of sp³-hybridized carbons (Fsp3) is 0.222. The van der Waals surface area contributed by atoms with Crippen molar-refractivity contribution in [2.24, 2.45) is 0 Å². The largest absolute Gasteiger partial charge is 0.444 e. The molecule has 0 aliphatic carbocycles. The minimum Gasteiger partial charge on any atom is -0.444 e. The Hall–Kier alpha value is -2.79. The molecule has 3 heterocycles. The number of thiophene rings is 1. The van der Waals surface area contributed by atoms with Crippen molar-refractivity contribution in [1.29, 1.82) is 5.41 Å². The highest BCUT2D eigenvalue weighted by Crippen LogP contribution is 2.40. The lowest BCUT2D eigenvalue weighted by Crippen LogP contribution is -2.60. The first kappa shape index (κ1) is 19.5. The van der Waals surface area contributed by atoms with E-state index in [0.29, 0.717) is 21.8 Å². The Morgan fingerprint density at radius 3 is 2.66 bits per heavy atom. The summed E-state index contributed by atoms with van der Waals surface area (Å²) >= 11 is 1.01. The lowest BCUT2D eigenvalue weighted by molar-refractivity contribution is 0.411. The zero-order valence-electron chi connectivity index (χ0n) is 15.4. The number of hydrogen-bond acceptors (Lipinski definition) is 6. The first-order valence-electron chi connectivity index (χ1n) is 8.42. The number of oxazole rings is 1. The molecule has 1 fully saturated rings. The van der Waals surface area contributed by atoms with Gasteiger partial charge in [0.05, 0.1) is 22.4 Å². The number of nitrogens with one attached hydrogen (secondary N) is 2. The van der Waals surface area contributed by atoms with E-state index in [0.717, 1.165) is 15.6 Å². The molecule has 0 amide bonds. The van der Waals surface area contributed by atoms with Crippen LogP contribution in [0.3, 0.4) is 0 Å².